The van der Waals surface area contributed by atoms with E-state index in [0.29, 0.717) is 6.54 Å². The first kappa shape index (κ1) is 16.9. The van der Waals surface area contributed by atoms with Crippen molar-refractivity contribution >= 4 is 23.3 Å². The van der Waals surface area contributed by atoms with Crippen molar-refractivity contribution < 1.29 is 9.69 Å². The van der Waals surface area contributed by atoms with E-state index in [4.69, 9.17) is 0 Å². The van der Waals surface area contributed by atoms with Crippen LogP contribution in [0.2, 0.25) is 0 Å². The highest BCUT2D eigenvalue weighted by atomic mass is 32.1. The fourth-order valence-corrected chi connectivity index (χ4v) is 3.84. The van der Waals surface area contributed by atoms with Crippen molar-refractivity contribution in [1.82, 2.24) is 5.32 Å². The molecule has 0 unspecified atom stereocenters. The number of aryl methyl sites for hydroxylation is 1. The van der Waals surface area contributed by atoms with Crippen molar-refractivity contribution in [2.45, 2.75) is 32.9 Å². The van der Waals surface area contributed by atoms with E-state index in [1.165, 1.54) is 36.4 Å². The van der Waals surface area contributed by atoms with Crippen LogP contribution in [0.15, 0.2) is 42.5 Å². The number of likely N-dealkylation sites (tertiary alicyclic amines) is 1. The maximum atomic E-state index is 11.9. The number of carbonyl (C=O) groups excluding carboxylic acids is 1. The Morgan fingerprint density at radius 3 is 2.50 bits per heavy atom. The van der Waals surface area contributed by atoms with Gasteiger partial charge in [0.15, 0.2) is 0 Å². The van der Waals surface area contributed by atoms with Crippen LogP contribution in [0.3, 0.4) is 0 Å². The molecule has 2 N–H and O–H groups in total. The Bertz CT molecular complexity index is 697. The van der Waals surface area contributed by atoms with E-state index in [9.17, 15) is 4.79 Å². The summed E-state index contributed by atoms with van der Waals surface area (Å²) in [7, 11) is 0. The summed E-state index contributed by atoms with van der Waals surface area (Å²) in [6.07, 6.45) is 6.20. The third kappa shape index (κ3) is 5.05. The molecule has 3 nitrogen and oxygen atoms in total. The van der Waals surface area contributed by atoms with E-state index in [1.807, 2.05) is 12.1 Å². The number of nitrogens with one attached hydrogen (secondary N) is 2. The van der Waals surface area contributed by atoms with Gasteiger partial charge in [-0.05, 0) is 30.7 Å². The normalized spacial score (nSPS) is 15.2. The SMILES string of the molecule is Cc1ccc(/C=C/C(=O)NCc2ccc(C[NH+]3CCCC3)cc2)s1. The molecule has 1 fully saturated rings. The molecule has 1 saturated heterocycles. The van der Waals surface area contributed by atoms with Crippen LogP contribution in [0, 0.1) is 6.92 Å². The Morgan fingerprint density at radius 1 is 1.12 bits per heavy atom. The van der Waals surface area contributed by atoms with E-state index in [2.05, 4.69) is 42.6 Å². The third-order valence-corrected chi connectivity index (χ3v) is 5.38. The highest BCUT2D eigenvalue weighted by Crippen LogP contribution is 2.16. The fraction of sp³-hybridized carbons (Fsp3) is 0.350. The maximum Gasteiger partial charge on any atom is 0.244 e. The Kier molecular flexibility index (Phi) is 5.83. The molecule has 1 aromatic carbocycles. The zero-order valence-electron chi connectivity index (χ0n) is 14.2. The van der Waals surface area contributed by atoms with Gasteiger partial charge in [-0.15, -0.1) is 11.3 Å². The van der Waals surface area contributed by atoms with E-state index < -0.39 is 0 Å². The first-order valence-corrected chi connectivity index (χ1v) is 9.44. The molecule has 4 heteroatoms. The molecule has 1 aliphatic rings. The molecule has 1 aromatic heterocycles. The van der Waals surface area contributed by atoms with Crippen LogP contribution >= 0.6 is 11.3 Å². The number of quaternary nitrogens is 1. The molecule has 0 radical (unpaired) electrons. The Balaban J connectivity index is 1.45. The topological polar surface area (TPSA) is 33.5 Å². The van der Waals surface area contributed by atoms with Gasteiger partial charge in [-0.2, -0.15) is 0 Å². The van der Waals surface area contributed by atoms with Gasteiger partial charge >= 0.3 is 0 Å². The standard InChI is InChI=1S/C20H24N2OS/c1-16-4-9-19(24-16)10-11-20(23)21-14-17-5-7-18(8-6-17)15-22-12-2-3-13-22/h4-11H,2-3,12-15H2,1H3,(H,21,23)/p+1/b11-10+. The van der Waals surface area contributed by atoms with E-state index in [0.717, 1.165) is 17.0 Å². The number of hydrogen-bond acceptors (Lipinski definition) is 2. The first-order valence-electron chi connectivity index (χ1n) is 8.63. The Hall–Kier alpha value is -1.91. The van der Waals surface area contributed by atoms with Gasteiger partial charge in [-0.25, -0.2) is 0 Å². The van der Waals surface area contributed by atoms with Crippen LogP contribution in [-0.4, -0.2) is 19.0 Å². The minimum Gasteiger partial charge on any atom is -0.348 e. The largest absolute Gasteiger partial charge is 0.348 e. The zero-order valence-corrected chi connectivity index (χ0v) is 15.0. The van der Waals surface area contributed by atoms with Crippen molar-refractivity contribution in [2.24, 2.45) is 0 Å². The minimum atomic E-state index is -0.0494. The molecule has 0 saturated carbocycles. The van der Waals surface area contributed by atoms with Gasteiger partial charge in [0.2, 0.25) is 5.91 Å². The maximum absolute atomic E-state index is 11.9. The van der Waals surface area contributed by atoms with Gasteiger partial charge in [0.25, 0.3) is 0 Å². The molecule has 0 atom stereocenters. The lowest BCUT2D eigenvalue weighted by Crippen LogP contribution is -3.08. The van der Waals surface area contributed by atoms with E-state index in [1.54, 1.807) is 22.3 Å². The summed E-state index contributed by atoms with van der Waals surface area (Å²) in [6.45, 7) is 6.36. The number of thiophene rings is 1. The molecule has 0 aliphatic carbocycles. The second-order valence-electron chi connectivity index (χ2n) is 6.45. The van der Waals surface area contributed by atoms with Gasteiger partial charge in [-0.1, -0.05) is 24.3 Å². The Morgan fingerprint density at radius 2 is 1.83 bits per heavy atom. The second-order valence-corrected chi connectivity index (χ2v) is 7.77. The zero-order chi connectivity index (χ0) is 16.8. The number of hydrogen-bond donors (Lipinski definition) is 2. The van der Waals surface area contributed by atoms with E-state index in [-0.39, 0.29) is 5.91 Å². The van der Waals surface area contributed by atoms with Crippen molar-refractivity contribution in [1.29, 1.82) is 0 Å². The van der Waals surface area contributed by atoms with Crippen LogP contribution in [0.25, 0.3) is 6.08 Å². The van der Waals surface area contributed by atoms with Gasteiger partial charge in [0.05, 0.1) is 13.1 Å². The van der Waals surface area contributed by atoms with Crippen LogP contribution < -0.4 is 10.2 Å². The smallest absolute Gasteiger partial charge is 0.244 e. The molecular formula is C20H25N2OS+. The van der Waals surface area contributed by atoms with Crippen LogP contribution in [0.4, 0.5) is 0 Å². The number of benzene rings is 1. The molecule has 3 rings (SSSR count). The van der Waals surface area contributed by atoms with Crippen molar-refractivity contribution in [3.05, 3.63) is 63.4 Å². The quantitative estimate of drug-likeness (QED) is 0.778. The molecular weight excluding hydrogens is 316 g/mol. The van der Waals surface area contributed by atoms with Crippen molar-refractivity contribution in [3.8, 4) is 0 Å². The molecule has 1 amide bonds. The lowest BCUT2D eigenvalue weighted by atomic mass is 10.1. The summed E-state index contributed by atoms with van der Waals surface area (Å²) >= 11 is 1.69. The summed E-state index contributed by atoms with van der Waals surface area (Å²) < 4.78 is 0. The number of carbonyl (C=O) groups is 1. The Labute approximate surface area is 148 Å². The van der Waals surface area contributed by atoms with Crippen LogP contribution in [0.5, 0.6) is 0 Å². The second kappa shape index (κ2) is 8.27. The summed E-state index contributed by atoms with van der Waals surface area (Å²) in [5, 5.41) is 2.94. The van der Waals surface area contributed by atoms with Gasteiger partial charge in [0.1, 0.15) is 6.54 Å². The summed E-state index contributed by atoms with van der Waals surface area (Å²) in [5.41, 5.74) is 2.53. The van der Waals surface area contributed by atoms with E-state index >= 15 is 0 Å². The average Bonchev–Trinajstić information content (AvgIpc) is 3.24. The average molecular weight is 342 g/mol. The predicted octanol–water partition coefficient (Wildman–Crippen LogP) is 2.56. The first-order chi connectivity index (χ1) is 11.7. The lowest BCUT2D eigenvalue weighted by molar-refractivity contribution is -0.901. The van der Waals surface area contributed by atoms with Crippen molar-refractivity contribution in [3.63, 3.8) is 0 Å². The highest BCUT2D eigenvalue weighted by Gasteiger charge is 2.15. The fourth-order valence-electron chi connectivity index (χ4n) is 3.06. The monoisotopic (exact) mass is 341 g/mol. The number of rotatable bonds is 6. The minimum absolute atomic E-state index is 0.0494. The van der Waals surface area contributed by atoms with Crippen molar-refractivity contribution in [2.75, 3.05) is 13.1 Å². The molecule has 0 bridgehead atoms. The summed E-state index contributed by atoms with van der Waals surface area (Å²) in [6, 6.07) is 12.7. The molecule has 24 heavy (non-hydrogen) atoms. The van der Waals surface area contributed by atoms with Crippen LogP contribution in [-0.2, 0) is 17.9 Å². The molecule has 126 valence electrons. The molecule has 2 aromatic rings. The predicted molar refractivity (Wildman–Crippen MR) is 100 cm³/mol. The highest BCUT2D eigenvalue weighted by molar-refractivity contribution is 7.12. The summed E-state index contributed by atoms with van der Waals surface area (Å²) in [4.78, 5) is 15.9. The summed E-state index contributed by atoms with van der Waals surface area (Å²) in [5.74, 6) is -0.0494. The lowest BCUT2D eigenvalue weighted by Gasteiger charge is -2.12. The molecule has 2 heterocycles. The van der Waals surface area contributed by atoms with Gasteiger partial charge in [-0.3, -0.25) is 4.79 Å². The van der Waals surface area contributed by atoms with Crippen LogP contribution in [0.1, 0.15) is 33.7 Å². The van der Waals surface area contributed by atoms with Gasteiger partial charge < -0.3 is 10.2 Å². The molecule has 0 spiro atoms. The third-order valence-electron chi connectivity index (χ3n) is 4.41. The molecule has 1 aliphatic heterocycles. The van der Waals surface area contributed by atoms with Gasteiger partial charge in [0, 0.05) is 40.8 Å². The number of amides is 1.